The summed E-state index contributed by atoms with van der Waals surface area (Å²) in [5.74, 6) is 0.896. The van der Waals surface area contributed by atoms with E-state index in [4.69, 9.17) is 4.74 Å². The minimum Gasteiger partial charge on any atom is -1.00 e. The molecule has 1 amide bonds. The van der Waals surface area contributed by atoms with Crippen LogP contribution in [0.15, 0.2) is 73.1 Å². The van der Waals surface area contributed by atoms with Gasteiger partial charge in [0.25, 0.3) is 5.91 Å². The first-order valence-electron chi connectivity index (χ1n) is 14.1. The number of aromatic nitrogens is 1. The summed E-state index contributed by atoms with van der Waals surface area (Å²) in [4.78, 5) is 15.3. The fourth-order valence-corrected chi connectivity index (χ4v) is 4.64. The Bertz CT molecular complexity index is 1090. The van der Waals surface area contributed by atoms with Crippen molar-refractivity contribution in [3.63, 3.8) is 0 Å². The fraction of sp³-hybridized carbons (Fsp3) is 0.455. The Morgan fingerprint density at radius 3 is 2.13 bits per heavy atom. The molecule has 0 atom stereocenters. The van der Waals surface area contributed by atoms with E-state index in [9.17, 15) is 4.79 Å². The van der Waals surface area contributed by atoms with Crippen LogP contribution in [0.3, 0.4) is 0 Å². The summed E-state index contributed by atoms with van der Waals surface area (Å²) in [5, 5.41) is 0. The highest BCUT2D eigenvalue weighted by molar-refractivity contribution is 6.05. The van der Waals surface area contributed by atoms with Crippen LogP contribution in [0.25, 0.3) is 0 Å². The van der Waals surface area contributed by atoms with Crippen LogP contribution >= 0.6 is 0 Å². The highest BCUT2D eigenvalue weighted by Crippen LogP contribution is 2.24. The largest absolute Gasteiger partial charge is 1.00 e. The molecule has 0 radical (unpaired) electrons. The van der Waals surface area contributed by atoms with Crippen LogP contribution in [0.4, 0.5) is 5.69 Å². The molecule has 5 heteroatoms. The third-order valence-electron chi connectivity index (χ3n) is 6.91. The lowest BCUT2D eigenvalue weighted by atomic mass is 10.1. The van der Waals surface area contributed by atoms with Crippen LogP contribution in [0.5, 0.6) is 5.75 Å². The number of benzene rings is 2. The number of nitrogens with zero attached hydrogens (tertiary/aromatic N) is 2. The predicted molar refractivity (Wildman–Crippen MR) is 153 cm³/mol. The molecule has 0 spiro atoms. The van der Waals surface area contributed by atoms with E-state index < -0.39 is 0 Å². The molecular formula is C33H45IN2O2. The Hall–Kier alpha value is -2.41. The molecule has 38 heavy (non-hydrogen) atoms. The second-order valence-corrected chi connectivity index (χ2v) is 10.1. The number of para-hydroxylation sites is 1. The number of aryl methyl sites for hydroxylation is 2. The molecule has 0 saturated heterocycles. The molecule has 3 aromatic rings. The minimum atomic E-state index is -0.0110. The topological polar surface area (TPSA) is 33.4 Å². The average Bonchev–Trinajstić information content (AvgIpc) is 2.91. The van der Waals surface area contributed by atoms with E-state index in [2.05, 4.69) is 26.0 Å². The quantitative estimate of drug-likeness (QED) is 0.128. The van der Waals surface area contributed by atoms with Crippen LogP contribution in [0.2, 0.25) is 0 Å². The molecule has 0 fully saturated rings. The Morgan fingerprint density at radius 1 is 0.842 bits per heavy atom. The van der Waals surface area contributed by atoms with E-state index in [1.807, 2.05) is 77.4 Å². The minimum absolute atomic E-state index is 0. The van der Waals surface area contributed by atoms with Crippen LogP contribution in [0.1, 0.15) is 92.6 Å². The van der Waals surface area contributed by atoms with E-state index in [0.29, 0.717) is 12.1 Å². The smallest absolute Gasteiger partial charge is 0.264 e. The van der Waals surface area contributed by atoms with Gasteiger partial charge in [-0.1, -0.05) is 89.0 Å². The Kier molecular flexibility index (Phi) is 15.0. The summed E-state index contributed by atoms with van der Waals surface area (Å²) in [6, 6.07) is 19.9. The Morgan fingerprint density at radius 2 is 1.50 bits per heavy atom. The lowest BCUT2D eigenvalue weighted by Gasteiger charge is -2.24. The Balaban J connectivity index is 0.00000507. The molecule has 1 aromatic heterocycles. The highest BCUT2D eigenvalue weighted by Gasteiger charge is 2.21. The molecule has 0 saturated carbocycles. The van der Waals surface area contributed by atoms with Gasteiger partial charge in [0, 0.05) is 11.8 Å². The zero-order chi connectivity index (χ0) is 26.3. The summed E-state index contributed by atoms with van der Waals surface area (Å²) < 4.78 is 7.96. The molecule has 0 N–H and O–H groups in total. The maximum Gasteiger partial charge on any atom is 0.264 e. The number of halogens is 1. The van der Waals surface area contributed by atoms with E-state index in [0.717, 1.165) is 35.6 Å². The zero-order valence-electron chi connectivity index (χ0n) is 23.5. The van der Waals surface area contributed by atoms with Gasteiger partial charge in [-0.15, -0.1) is 0 Å². The zero-order valence-corrected chi connectivity index (χ0v) is 25.7. The van der Waals surface area contributed by atoms with E-state index in [-0.39, 0.29) is 29.9 Å². The van der Waals surface area contributed by atoms with Gasteiger partial charge in [0.2, 0.25) is 0 Å². The first-order chi connectivity index (χ1) is 18.1. The van der Waals surface area contributed by atoms with Crippen molar-refractivity contribution in [2.24, 2.45) is 7.05 Å². The third kappa shape index (κ3) is 10.8. The summed E-state index contributed by atoms with van der Waals surface area (Å²) in [6.45, 7) is 5.63. The van der Waals surface area contributed by atoms with Gasteiger partial charge in [0.05, 0.1) is 13.2 Å². The van der Waals surface area contributed by atoms with Crippen molar-refractivity contribution in [1.82, 2.24) is 0 Å². The normalized spacial score (nSPS) is 10.6. The SMILES string of the molecule is CCCCCCCCCCCCOc1ccc(CN(C(=O)c2ccc[n+](C)c2)c2ccccc2)c(C)c1.[I-]. The average molecular weight is 629 g/mol. The second-order valence-electron chi connectivity index (χ2n) is 10.1. The van der Waals surface area contributed by atoms with Crippen molar-refractivity contribution in [2.75, 3.05) is 11.5 Å². The van der Waals surface area contributed by atoms with Gasteiger partial charge in [-0.25, -0.2) is 4.57 Å². The molecule has 0 aliphatic carbocycles. The van der Waals surface area contributed by atoms with Crippen LogP contribution in [0, 0.1) is 6.92 Å². The van der Waals surface area contributed by atoms with Gasteiger partial charge >= 0.3 is 0 Å². The van der Waals surface area contributed by atoms with Crippen molar-refractivity contribution in [3.05, 3.63) is 89.7 Å². The predicted octanol–water partition coefficient (Wildman–Crippen LogP) is 4.97. The molecule has 206 valence electrons. The molecule has 0 unspecified atom stereocenters. The molecule has 4 nitrogen and oxygen atoms in total. The maximum absolute atomic E-state index is 13.5. The number of amides is 1. The van der Waals surface area contributed by atoms with E-state index in [1.54, 1.807) is 0 Å². The molecule has 0 bridgehead atoms. The number of ether oxygens (including phenoxy) is 1. The second kappa shape index (κ2) is 18.0. The molecule has 0 aliphatic rings. The van der Waals surface area contributed by atoms with Gasteiger partial charge in [0.1, 0.15) is 18.4 Å². The molecule has 2 aromatic carbocycles. The summed E-state index contributed by atoms with van der Waals surface area (Å²) in [7, 11) is 1.93. The van der Waals surface area contributed by atoms with Crippen molar-refractivity contribution in [3.8, 4) is 5.75 Å². The molecule has 3 rings (SSSR count). The van der Waals surface area contributed by atoms with Gasteiger partial charge in [-0.3, -0.25) is 4.79 Å². The van der Waals surface area contributed by atoms with Gasteiger partial charge in [-0.2, -0.15) is 0 Å². The maximum atomic E-state index is 13.5. The summed E-state index contributed by atoms with van der Waals surface area (Å²) in [5.41, 5.74) is 3.80. The number of carbonyl (C=O) groups is 1. The number of pyridine rings is 1. The summed E-state index contributed by atoms with van der Waals surface area (Å²) in [6.07, 6.45) is 17.0. The number of anilines is 1. The van der Waals surface area contributed by atoms with E-state index >= 15 is 0 Å². The number of hydrogen-bond acceptors (Lipinski definition) is 2. The molecular weight excluding hydrogens is 583 g/mol. The van der Waals surface area contributed by atoms with Crippen molar-refractivity contribution >= 4 is 11.6 Å². The first-order valence-corrected chi connectivity index (χ1v) is 14.1. The Labute approximate surface area is 247 Å². The van der Waals surface area contributed by atoms with Crippen molar-refractivity contribution in [1.29, 1.82) is 0 Å². The van der Waals surface area contributed by atoms with Crippen LogP contribution in [-0.4, -0.2) is 12.5 Å². The first kappa shape index (κ1) is 31.8. The molecule has 0 aliphatic heterocycles. The summed E-state index contributed by atoms with van der Waals surface area (Å²) >= 11 is 0. The lowest BCUT2D eigenvalue weighted by molar-refractivity contribution is -0.671. The number of unbranched alkanes of at least 4 members (excludes halogenated alkanes) is 9. The van der Waals surface area contributed by atoms with Gasteiger partial charge < -0.3 is 33.6 Å². The van der Waals surface area contributed by atoms with Gasteiger partial charge in [0.15, 0.2) is 12.4 Å². The lowest BCUT2D eigenvalue weighted by Crippen LogP contribution is -3.00. The number of rotatable bonds is 16. The number of hydrogen-bond donors (Lipinski definition) is 0. The standard InChI is InChI=1S/C33H45N2O2.HI/c1-4-5-6-7-8-9-10-11-12-16-24-37-32-22-21-29(28(2)25-32)27-35(31-19-14-13-15-20-31)33(36)30-18-17-23-34(3)26-30;/h13-15,17-23,25-26H,4-12,16,24,27H2,1-3H3;1H/q+1;/p-1. The van der Waals surface area contributed by atoms with Crippen LogP contribution < -0.4 is 38.2 Å². The van der Waals surface area contributed by atoms with E-state index in [1.165, 1.54) is 57.8 Å². The van der Waals surface area contributed by atoms with Crippen LogP contribution in [-0.2, 0) is 13.6 Å². The monoisotopic (exact) mass is 628 g/mol. The number of carbonyl (C=O) groups excluding carboxylic acids is 1. The third-order valence-corrected chi connectivity index (χ3v) is 6.91. The van der Waals surface area contributed by atoms with Crippen molar-refractivity contribution < 1.29 is 38.1 Å². The fourth-order valence-electron chi connectivity index (χ4n) is 4.64. The van der Waals surface area contributed by atoms with Gasteiger partial charge in [-0.05, 0) is 54.8 Å². The molecule has 1 heterocycles. The van der Waals surface area contributed by atoms with Crippen molar-refractivity contribution in [2.45, 2.75) is 84.6 Å². The highest BCUT2D eigenvalue weighted by atomic mass is 127.